The van der Waals surface area contributed by atoms with Crippen molar-refractivity contribution in [1.82, 2.24) is 10.3 Å². The minimum absolute atomic E-state index is 0.481. The van der Waals surface area contributed by atoms with Gasteiger partial charge in [-0.3, -0.25) is 0 Å². The van der Waals surface area contributed by atoms with E-state index in [4.69, 9.17) is 9.15 Å². The Morgan fingerprint density at radius 3 is 2.96 bits per heavy atom. The van der Waals surface area contributed by atoms with Crippen LogP contribution in [-0.2, 0) is 4.74 Å². The third kappa shape index (κ3) is 2.80. The summed E-state index contributed by atoms with van der Waals surface area (Å²) in [4.78, 5) is 4.62. The Labute approximate surface area is 142 Å². The molecule has 1 saturated heterocycles. The number of aromatic nitrogens is 1. The van der Waals surface area contributed by atoms with Crippen LogP contribution in [0.3, 0.4) is 0 Å². The van der Waals surface area contributed by atoms with Gasteiger partial charge >= 0.3 is 0 Å². The molecule has 5 nitrogen and oxygen atoms in total. The average molecular weight is 327 g/mol. The number of nitrogens with zero attached hydrogens (tertiary/aromatic N) is 1. The maximum atomic E-state index is 5.96. The molecule has 3 fully saturated rings. The van der Waals surface area contributed by atoms with Crippen LogP contribution in [0, 0.1) is 5.92 Å². The maximum Gasteiger partial charge on any atom is 0.198 e. The summed E-state index contributed by atoms with van der Waals surface area (Å²) in [5, 5.41) is 7.39. The van der Waals surface area contributed by atoms with Gasteiger partial charge in [-0.2, -0.15) is 0 Å². The highest BCUT2D eigenvalue weighted by Gasteiger charge is 2.35. The number of morpholine rings is 1. The molecule has 128 valence electrons. The molecule has 2 aromatic rings. The van der Waals surface area contributed by atoms with Crippen molar-refractivity contribution < 1.29 is 9.15 Å². The molecule has 24 heavy (non-hydrogen) atoms. The lowest BCUT2D eigenvalue weighted by molar-refractivity contribution is 0.0559. The zero-order chi connectivity index (χ0) is 15.9. The van der Waals surface area contributed by atoms with Gasteiger partial charge in [-0.1, -0.05) is 6.42 Å². The number of anilines is 1. The zero-order valence-corrected chi connectivity index (χ0v) is 14.0. The second kappa shape index (κ2) is 6.05. The molecule has 0 radical (unpaired) electrons. The van der Waals surface area contributed by atoms with Gasteiger partial charge in [0.1, 0.15) is 5.52 Å². The molecule has 3 atom stereocenters. The van der Waals surface area contributed by atoms with Crippen LogP contribution in [0.4, 0.5) is 5.69 Å². The number of hydrogen-bond donors (Lipinski definition) is 2. The molecular formula is C19H25N3O2. The van der Waals surface area contributed by atoms with E-state index in [1.54, 1.807) is 0 Å². The molecule has 2 aliphatic carbocycles. The zero-order valence-electron chi connectivity index (χ0n) is 14.0. The molecule has 1 aromatic carbocycles. The molecule has 1 aliphatic heterocycles. The first kappa shape index (κ1) is 14.7. The summed E-state index contributed by atoms with van der Waals surface area (Å²) in [5.74, 6) is 2.12. The molecule has 0 amide bonds. The van der Waals surface area contributed by atoms with E-state index < -0.39 is 0 Å². The number of ether oxygens (including phenoxy) is 1. The fraction of sp³-hybridized carbons (Fsp3) is 0.632. The van der Waals surface area contributed by atoms with Gasteiger partial charge in [0.05, 0.1) is 13.2 Å². The lowest BCUT2D eigenvalue weighted by Crippen LogP contribution is -2.49. The van der Waals surface area contributed by atoms with Crippen LogP contribution in [0.5, 0.6) is 0 Å². The number of fused-ring (bicyclic) bond motifs is 1. The summed E-state index contributed by atoms with van der Waals surface area (Å²) in [7, 11) is 0. The molecule has 5 rings (SSSR count). The van der Waals surface area contributed by atoms with Crippen molar-refractivity contribution in [2.45, 2.75) is 50.1 Å². The van der Waals surface area contributed by atoms with Gasteiger partial charge in [-0.15, -0.1) is 0 Å². The number of benzene rings is 1. The first-order chi connectivity index (χ1) is 11.9. The minimum Gasteiger partial charge on any atom is -0.440 e. The third-order valence-corrected chi connectivity index (χ3v) is 5.72. The number of rotatable bonds is 4. The highest BCUT2D eigenvalue weighted by Crippen LogP contribution is 2.41. The van der Waals surface area contributed by atoms with Crippen molar-refractivity contribution in [2.24, 2.45) is 5.92 Å². The van der Waals surface area contributed by atoms with E-state index in [1.165, 1.54) is 32.1 Å². The summed E-state index contributed by atoms with van der Waals surface area (Å²) >= 11 is 0. The molecule has 3 unspecified atom stereocenters. The maximum absolute atomic E-state index is 5.96. The highest BCUT2D eigenvalue weighted by molar-refractivity contribution is 5.77. The molecule has 0 bridgehead atoms. The second-order valence-corrected chi connectivity index (χ2v) is 7.49. The number of hydrogen-bond acceptors (Lipinski definition) is 5. The summed E-state index contributed by atoms with van der Waals surface area (Å²) in [6, 6.07) is 7.33. The Kier molecular flexibility index (Phi) is 3.71. The van der Waals surface area contributed by atoms with E-state index in [0.717, 1.165) is 42.4 Å². The van der Waals surface area contributed by atoms with Gasteiger partial charge in [-0.05, 0) is 43.7 Å². The second-order valence-electron chi connectivity index (χ2n) is 7.49. The molecule has 3 aliphatic rings. The van der Waals surface area contributed by atoms with Crippen molar-refractivity contribution in [3.63, 3.8) is 0 Å². The molecule has 2 heterocycles. The fourth-order valence-corrected chi connectivity index (χ4v) is 4.26. The molecule has 5 heteroatoms. The summed E-state index contributed by atoms with van der Waals surface area (Å²) in [6.45, 7) is 2.66. The van der Waals surface area contributed by atoms with Crippen LogP contribution >= 0.6 is 0 Å². The van der Waals surface area contributed by atoms with Crippen LogP contribution in [-0.4, -0.2) is 36.8 Å². The fourth-order valence-electron chi connectivity index (χ4n) is 4.26. The first-order valence-corrected chi connectivity index (χ1v) is 9.35. The summed E-state index contributed by atoms with van der Waals surface area (Å²) < 4.78 is 11.6. The highest BCUT2D eigenvalue weighted by atomic mass is 16.5. The van der Waals surface area contributed by atoms with E-state index in [1.807, 2.05) is 0 Å². The molecule has 2 N–H and O–H groups in total. The van der Waals surface area contributed by atoms with E-state index in [2.05, 4.69) is 33.8 Å². The van der Waals surface area contributed by atoms with Gasteiger partial charge < -0.3 is 19.8 Å². The van der Waals surface area contributed by atoms with Crippen LogP contribution in [0.15, 0.2) is 22.6 Å². The van der Waals surface area contributed by atoms with Crippen molar-refractivity contribution >= 4 is 16.8 Å². The Balaban J connectivity index is 1.33. The minimum atomic E-state index is 0.481. The van der Waals surface area contributed by atoms with Crippen LogP contribution in [0.25, 0.3) is 11.1 Å². The van der Waals surface area contributed by atoms with Crippen LogP contribution in [0.1, 0.15) is 43.9 Å². The molecule has 0 spiro atoms. The van der Waals surface area contributed by atoms with Crippen molar-refractivity contribution in [2.75, 3.05) is 25.1 Å². The van der Waals surface area contributed by atoms with Crippen molar-refractivity contribution in [3.05, 3.63) is 24.1 Å². The topological polar surface area (TPSA) is 59.3 Å². The largest absolute Gasteiger partial charge is 0.440 e. The summed E-state index contributed by atoms with van der Waals surface area (Å²) in [5.41, 5.74) is 3.04. The van der Waals surface area contributed by atoms with Gasteiger partial charge in [0.2, 0.25) is 0 Å². The lowest BCUT2D eigenvalue weighted by Gasteiger charge is -2.33. The smallest absolute Gasteiger partial charge is 0.198 e. The predicted octanol–water partition coefficient (Wildman–Crippen LogP) is 3.27. The number of oxazole rings is 1. The van der Waals surface area contributed by atoms with Gasteiger partial charge in [0.25, 0.3) is 0 Å². The molecular weight excluding hydrogens is 302 g/mol. The first-order valence-electron chi connectivity index (χ1n) is 9.35. The Hall–Kier alpha value is -1.59. The third-order valence-electron chi connectivity index (χ3n) is 5.72. The van der Waals surface area contributed by atoms with E-state index in [0.29, 0.717) is 23.9 Å². The average Bonchev–Trinajstić information content (AvgIpc) is 3.22. The molecule has 2 saturated carbocycles. The quantitative estimate of drug-likeness (QED) is 0.902. The van der Waals surface area contributed by atoms with E-state index in [-0.39, 0.29) is 0 Å². The SMILES string of the molecule is c1cc2nc(C3CC3)oc2cc1NC1CCCC1C1COCCN1. The van der Waals surface area contributed by atoms with Crippen molar-refractivity contribution in [3.8, 4) is 0 Å². The molecule has 1 aromatic heterocycles. The summed E-state index contributed by atoms with van der Waals surface area (Å²) in [6.07, 6.45) is 6.23. The standard InChI is InChI=1S/C19H25N3O2/c1-2-14(17-11-23-9-8-20-17)15(3-1)21-13-6-7-16-18(10-13)24-19(22-16)12-4-5-12/h6-7,10,12,14-15,17,20-21H,1-5,8-9,11H2. The van der Waals surface area contributed by atoms with Gasteiger partial charge in [0.15, 0.2) is 11.5 Å². The van der Waals surface area contributed by atoms with E-state index in [9.17, 15) is 0 Å². The Bertz CT molecular complexity index is 718. The van der Waals surface area contributed by atoms with E-state index >= 15 is 0 Å². The van der Waals surface area contributed by atoms with Crippen molar-refractivity contribution in [1.29, 1.82) is 0 Å². The monoisotopic (exact) mass is 327 g/mol. The van der Waals surface area contributed by atoms with Crippen LogP contribution < -0.4 is 10.6 Å². The van der Waals surface area contributed by atoms with Gasteiger partial charge in [0, 0.05) is 36.3 Å². The van der Waals surface area contributed by atoms with Crippen LogP contribution in [0.2, 0.25) is 0 Å². The van der Waals surface area contributed by atoms with Gasteiger partial charge in [-0.25, -0.2) is 4.98 Å². The number of nitrogens with one attached hydrogen (secondary N) is 2. The lowest BCUT2D eigenvalue weighted by atomic mass is 9.94. The Morgan fingerprint density at radius 1 is 1.17 bits per heavy atom. The normalized spacial score (nSPS) is 30.8. The predicted molar refractivity (Wildman–Crippen MR) is 93.3 cm³/mol. The Morgan fingerprint density at radius 2 is 2.12 bits per heavy atom.